The maximum Gasteiger partial charge on any atom is 0.252 e. The lowest BCUT2D eigenvalue weighted by molar-refractivity contribution is 0.100. The Morgan fingerprint density at radius 3 is 2.96 bits per heavy atom. The van der Waals surface area contributed by atoms with Crippen LogP contribution in [0.2, 0.25) is 5.15 Å². The van der Waals surface area contributed by atoms with Crippen LogP contribution in [-0.4, -0.2) is 29.3 Å². The van der Waals surface area contributed by atoms with E-state index in [0.29, 0.717) is 31.3 Å². The fourth-order valence-electron chi connectivity index (χ4n) is 2.26. The van der Waals surface area contributed by atoms with Gasteiger partial charge in [0.05, 0.1) is 18.8 Å². The van der Waals surface area contributed by atoms with Gasteiger partial charge in [0.1, 0.15) is 0 Å². The molecule has 2 aromatic rings. The highest BCUT2D eigenvalue weighted by molar-refractivity contribution is 6.29. The van der Waals surface area contributed by atoms with E-state index in [2.05, 4.69) is 15.5 Å². The van der Waals surface area contributed by atoms with Gasteiger partial charge in [-0.2, -0.15) is 0 Å². The van der Waals surface area contributed by atoms with Crippen molar-refractivity contribution < 1.29 is 14.3 Å². The van der Waals surface area contributed by atoms with E-state index in [4.69, 9.17) is 26.8 Å². The monoisotopic (exact) mass is 334 g/mol. The molecule has 0 spiro atoms. The molecule has 1 aliphatic rings. The number of hydrogen-bond donors (Lipinski definition) is 2. The first-order valence-corrected chi connectivity index (χ1v) is 7.47. The molecule has 0 atom stereocenters. The van der Waals surface area contributed by atoms with Gasteiger partial charge >= 0.3 is 0 Å². The van der Waals surface area contributed by atoms with Crippen LogP contribution < -0.4 is 20.5 Å². The number of carbonyl (C=O) groups excluding carboxylic acids is 1. The predicted molar refractivity (Wildman–Crippen MR) is 84.9 cm³/mol. The van der Waals surface area contributed by atoms with Crippen molar-refractivity contribution in [1.82, 2.24) is 10.2 Å². The number of hydrogen-bond acceptors (Lipinski definition) is 6. The van der Waals surface area contributed by atoms with Crippen LogP contribution in [0.15, 0.2) is 24.3 Å². The fourth-order valence-corrected chi connectivity index (χ4v) is 2.41. The summed E-state index contributed by atoms with van der Waals surface area (Å²) in [6.45, 7) is 1.60. The van der Waals surface area contributed by atoms with Crippen LogP contribution in [-0.2, 0) is 6.54 Å². The van der Waals surface area contributed by atoms with Gasteiger partial charge in [-0.1, -0.05) is 23.7 Å². The highest BCUT2D eigenvalue weighted by atomic mass is 35.5. The van der Waals surface area contributed by atoms with Gasteiger partial charge in [0.2, 0.25) is 0 Å². The number of para-hydroxylation sites is 1. The molecule has 0 aliphatic carbocycles. The molecule has 1 amide bonds. The molecule has 0 unspecified atom stereocenters. The zero-order chi connectivity index (χ0) is 16.2. The van der Waals surface area contributed by atoms with Crippen molar-refractivity contribution in [3.63, 3.8) is 0 Å². The smallest absolute Gasteiger partial charge is 0.252 e. The fraction of sp³-hybridized carbons (Fsp3) is 0.267. The second kappa shape index (κ2) is 6.70. The third-order valence-corrected chi connectivity index (χ3v) is 3.51. The first-order valence-electron chi connectivity index (χ1n) is 7.09. The highest BCUT2D eigenvalue weighted by Gasteiger charge is 2.16. The lowest BCUT2D eigenvalue weighted by Gasteiger charge is -2.14. The molecule has 1 aromatic heterocycles. The summed E-state index contributed by atoms with van der Waals surface area (Å²) in [6.07, 6.45) is 0.829. The largest absolute Gasteiger partial charge is 0.490 e. The molecular weight excluding hydrogens is 320 g/mol. The predicted octanol–water partition coefficient (Wildman–Crippen LogP) is 2.00. The van der Waals surface area contributed by atoms with E-state index in [-0.39, 0.29) is 16.5 Å². The lowest BCUT2D eigenvalue weighted by atomic mass is 10.1. The van der Waals surface area contributed by atoms with Crippen LogP contribution in [0.3, 0.4) is 0 Å². The molecule has 0 saturated heterocycles. The lowest BCUT2D eigenvalue weighted by Crippen LogP contribution is -2.16. The number of primary amides is 1. The average Bonchev–Trinajstić information content (AvgIpc) is 2.79. The zero-order valence-electron chi connectivity index (χ0n) is 12.2. The van der Waals surface area contributed by atoms with E-state index in [1.807, 2.05) is 18.2 Å². The van der Waals surface area contributed by atoms with Crippen LogP contribution in [0.4, 0.5) is 5.82 Å². The molecule has 3 N–H and O–H groups in total. The summed E-state index contributed by atoms with van der Waals surface area (Å²) in [7, 11) is 0. The van der Waals surface area contributed by atoms with Gasteiger partial charge in [0, 0.05) is 18.5 Å². The van der Waals surface area contributed by atoms with Crippen molar-refractivity contribution >= 4 is 23.3 Å². The van der Waals surface area contributed by atoms with Gasteiger partial charge in [0.15, 0.2) is 22.5 Å². The zero-order valence-corrected chi connectivity index (χ0v) is 13.0. The Hall–Kier alpha value is -2.54. The number of anilines is 1. The normalized spacial score (nSPS) is 13.3. The molecule has 2 heterocycles. The van der Waals surface area contributed by atoms with Crippen LogP contribution in [0.25, 0.3) is 0 Å². The minimum absolute atomic E-state index is 0.106. The van der Waals surface area contributed by atoms with E-state index in [9.17, 15) is 4.79 Å². The second-order valence-corrected chi connectivity index (χ2v) is 5.33. The Bertz CT molecular complexity index is 739. The molecule has 0 radical (unpaired) electrons. The molecule has 8 heteroatoms. The number of carbonyl (C=O) groups is 1. The second-order valence-electron chi connectivity index (χ2n) is 4.94. The number of benzene rings is 1. The molecule has 1 aliphatic heterocycles. The molecule has 1 aromatic carbocycles. The first-order chi connectivity index (χ1) is 11.1. The Balaban J connectivity index is 1.83. The molecule has 120 valence electrons. The summed E-state index contributed by atoms with van der Waals surface area (Å²) in [5, 5.41) is 10.8. The Morgan fingerprint density at radius 2 is 2.13 bits per heavy atom. The van der Waals surface area contributed by atoms with Gasteiger partial charge in [0.25, 0.3) is 5.91 Å². The molecular formula is C15H15ClN4O3. The molecule has 0 bridgehead atoms. The third-order valence-electron chi connectivity index (χ3n) is 3.33. The van der Waals surface area contributed by atoms with Gasteiger partial charge in [-0.05, 0) is 12.1 Å². The Labute approximate surface area is 137 Å². The van der Waals surface area contributed by atoms with Crippen molar-refractivity contribution in [2.45, 2.75) is 13.0 Å². The van der Waals surface area contributed by atoms with E-state index >= 15 is 0 Å². The molecule has 0 saturated carbocycles. The number of ether oxygens (including phenoxy) is 2. The quantitative estimate of drug-likeness (QED) is 0.887. The minimum atomic E-state index is -0.629. The van der Waals surface area contributed by atoms with Crippen molar-refractivity contribution in [1.29, 1.82) is 0 Å². The number of halogens is 1. The maximum absolute atomic E-state index is 11.5. The number of rotatable bonds is 4. The first kappa shape index (κ1) is 15.4. The Kier molecular flexibility index (Phi) is 4.47. The number of amides is 1. The van der Waals surface area contributed by atoms with Crippen LogP contribution in [0, 0.1) is 0 Å². The molecule has 23 heavy (non-hydrogen) atoms. The number of nitrogens with one attached hydrogen (secondary N) is 1. The van der Waals surface area contributed by atoms with E-state index < -0.39 is 5.91 Å². The van der Waals surface area contributed by atoms with Crippen molar-refractivity contribution in [2.75, 3.05) is 18.5 Å². The van der Waals surface area contributed by atoms with Crippen molar-refractivity contribution in [3.05, 3.63) is 40.5 Å². The minimum Gasteiger partial charge on any atom is -0.490 e. The molecule has 3 rings (SSSR count). The highest BCUT2D eigenvalue weighted by Crippen LogP contribution is 2.33. The summed E-state index contributed by atoms with van der Waals surface area (Å²) < 4.78 is 11.4. The van der Waals surface area contributed by atoms with Crippen molar-refractivity contribution in [2.24, 2.45) is 5.73 Å². The molecule has 0 fully saturated rings. The number of fused-ring (bicyclic) bond motifs is 1. The van der Waals surface area contributed by atoms with Gasteiger partial charge in [-0.25, -0.2) is 0 Å². The summed E-state index contributed by atoms with van der Waals surface area (Å²) >= 11 is 5.75. The summed E-state index contributed by atoms with van der Waals surface area (Å²) in [6, 6.07) is 7.03. The van der Waals surface area contributed by atoms with Crippen molar-refractivity contribution in [3.8, 4) is 11.5 Å². The number of aromatic nitrogens is 2. The van der Waals surface area contributed by atoms with Gasteiger partial charge in [-0.15, -0.1) is 10.2 Å². The average molecular weight is 335 g/mol. The van der Waals surface area contributed by atoms with Gasteiger partial charge in [-0.3, -0.25) is 4.79 Å². The van der Waals surface area contributed by atoms with E-state index in [1.165, 1.54) is 6.07 Å². The number of nitrogens with two attached hydrogens (primary N) is 1. The van der Waals surface area contributed by atoms with Crippen LogP contribution >= 0.6 is 11.6 Å². The maximum atomic E-state index is 11.5. The Morgan fingerprint density at radius 1 is 1.30 bits per heavy atom. The van der Waals surface area contributed by atoms with E-state index in [1.54, 1.807) is 0 Å². The standard InChI is InChI=1S/C15H15ClN4O3/c16-12-7-10(14(17)21)15(20-19-12)18-8-9-3-1-4-11-13(9)23-6-2-5-22-11/h1,3-4,7H,2,5-6,8H2,(H2,17,21)(H,18,20). The van der Waals surface area contributed by atoms with E-state index in [0.717, 1.165) is 12.0 Å². The SMILES string of the molecule is NC(=O)c1cc(Cl)nnc1NCc1cccc2c1OCCCO2. The topological polar surface area (TPSA) is 99.4 Å². The third kappa shape index (κ3) is 3.45. The van der Waals surface area contributed by atoms with Crippen LogP contribution in [0.5, 0.6) is 11.5 Å². The summed E-state index contributed by atoms with van der Waals surface area (Å²) in [4.78, 5) is 11.5. The molecule has 7 nitrogen and oxygen atoms in total. The number of nitrogens with zero attached hydrogens (tertiary/aromatic N) is 2. The summed E-state index contributed by atoms with van der Waals surface area (Å²) in [5.74, 6) is 1.05. The van der Waals surface area contributed by atoms with Gasteiger partial charge < -0.3 is 20.5 Å². The van der Waals surface area contributed by atoms with Crippen LogP contribution in [0.1, 0.15) is 22.3 Å². The summed E-state index contributed by atoms with van der Waals surface area (Å²) in [5.41, 5.74) is 6.40.